The average molecular weight is 357 g/mol. The summed E-state index contributed by atoms with van der Waals surface area (Å²) < 4.78 is 15.8. The molecule has 0 atom stereocenters. The zero-order valence-electron chi connectivity index (χ0n) is 15.8. The number of guanidine groups is 1. The minimum Gasteiger partial charge on any atom is -0.497 e. The van der Waals surface area contributed by atoms with Crippen LogP contribution in [0.4, 0.5) is 0 Å². The fourth-order valence-corrected chi connectivity index (χ4v) is 2.55. The van der Waals surface area contributed by atoms with E-state index in [4.69, 9.17) is 14.2 Å². The number of benzene rings is 2. The number of rotatable bonds is 8. The van der Waals surface area contributed by atoms with Gasteiger partial charge in [0.1, 0.15) is 5.75 Å². The Labute approximate surface area is 155 Å². The van der Waals surface area contributed by atoms with Crippen molar-refractivity contribution in [3.05, 3.63) is 53.6 Å². The van der Waals surface area contributed by atoms with Crippen LogP contribution in [-0.4, -0.2) is 40.9 Å². The SMILES string of the molecule is CN=C(NCCc1cccc(OC)c1)NCc1ccc(OC)c(OC)c1. The molecule has 2 aromatic rings. The maximum atomic E-state index is 5.33. The third-order valence-electron chi connectivity index (χ3n) is 3.97. The molecule has 0 amide bonds. The Morgan fingerprint density at radius 3 is 2.38 bits per heavy atom. The molecule has 0 aromatic heterocycles. The molecule has 2 N–H and O–H groups in total. The van der Waals surface area contributed by atoms with E-state index in [0.29, 0.717) is 12.3 Å². The summed E-state index contributed by atoms with van der Waals surface area (Å²) in [6.45, 7) is 1.41. The van der Waals surface area contributed by atoms with Crippen molar-refractivity contribution >= 4 is 5.96 Å². The molecule has 6 heteroatoms. The van der Waals surface area contributed by atoms with Gasteiger partial charge in [-0.25, -0.2) is 0 Å². The highest BCUT2D eigenvalue weighted by molar-refractivity contribution is 5.79. The molecule has 0 bridgehead atoms. The monoisotopic (exact) mass is 357 g/mol. The molecule has 0 radical (unpaired) electrons. The van der Waals surface area contributed by atoms with Crippen molar-refractivity contribution < 1.29 is 14.2 Å². The number of nitrogens with zero attached hydrogens (tertiary/aromatic N) is 1. The van der Waals surface area contributed by atoms with Gasteiger partial charge in [-0.05, 0) is 41.8 Å². The average Bonchev–Trinajstić information content (AvgIpc) is 2.70. The molecular formula is C20H27N3O3. The summed E-state index contributed by atoms with van der Waals surface area (Å²) >= 11 is 0. The summed E-state index contributed by atoms with van der Waals surface area (Å²) in [6.07, 6.45) is 0.883. The van der Waals surface area contributed by atoms with Gasteiger partial charge in [0.05, 0.1) is 21.3 Å². The van der Waals surface area contributed by atoms with E-state index in [-0.39, 0.29) is 0 Å². The van der Waals surface area contributed by atoms with Crippen LogP contribution in [0.1, 0.15) is 11.1 Å². The number of nitrogens with one attached hydrogen (secondary N) is 2. The highest BCUT2D eigenvalue weighted by atomic mass is 16.5. The first-order valence-corrected chi connectivity index (χ1v) is 8.48. The zero-order chi connectivity index (χ0) is 18.8. The predicted octanol–water partition coefficient (Wildman–Crippen LogP) is 2.62. The normalized spacial score (nSPS) is 11.0. The molecule has 0 heterocycles. The molecule has 0 aliphatic carbocycles. The molecule has 26 heavy (non-hydrogen) atoms. The quantitative estimate of drug-likeness (QED) is 0.562. The summed E-state index contributed by atoms with van der Waals surface area (Å²) in [7, 11) is 6.70. The van der Waals surface area contributed by atoms with E-state index in [2.05, 4.69) is 21.7 Å². The maximum absolute atomic E-state index is 5.33. The molecule has 2 rings (SSSR count). The van der Waals surface area contributed by atoms with E-state index in [1.54, 1.807) is 28.4 Å². The molecule has 140 valence electrons. The summed E-state index contributed by atoms with van der Waals surface area (Å²) in [5.41, 5.74) is 2.30. The van der Waals surface area contributed by atoms with Crippen LogP contribution < -0.4 is 24.8 Å². The van der Waals surface area contributed by atoms with Crippen molar-refractivity contribution in [3.8, 4) is 17.2 Å². The van der Waals surface area contributed by atoms with Crippen molar-refractivity contribution in [2.75, 3.05) is 34.9 Å². The Kier molecular flexibility index (Phi) is 7.61. The lowest BCUT2D eigenvalue weighted by Gasteiger charge is -2.13. The van der Waals surface area contributed by atoms with Crippen LogP contribution in [0, 0.1) is 0 Å². The van der Waals surface area contributed by atoms with Crippen LogP contribution in [0.2, 0.25) is 0 Å². The van der Waals surface area contributed by atoms with E-state index in [9.17, 15) is 0 Å². The molecular weight excluding hydrogens is 330 g/mol. The Hall–Kier alpha value is -2.89. The van der Waals surface area contributed by atoms with Gasteiger partial charge in [0.15, 0.2) is 17.5 Å². The van der Waals surface area contributed by atoms with Crippen LogP contribution in [0.25, 0.3) is 0 Å². The zero-order valence-corrected chi connectivity index (χ0v) is 15.8. The van der Waals surface area contributed by atoms with Crippen LogP contribution in [0.5, 0.6) is 17.2 Å². The second-order valence-corrected chi connectivity index (χ2v) is 5.64. The highest BCUT2D eigenvalue weighted by Gasteiger charge is 2.05. The third kappa shape index (κ3) is 5.58. The second kappa shape index (κ2) is 10.2. The highest BCUT2D eigenvalue weighted by Crippen LogP contribution is 2.27. The van der Waals surface area contributed by atoms with E-state index in [0.717, 1.165) is 36.0 Å². The van der Waals surface area contributed by atoms with Gasteiger partial charge in [-0.15, -0.1) is 0 Å². The first-order chi connectivity index (χ1) is 12.7. The van der Waals surface area contributed by atoms with Gasteiger partial charge in [-0.2, -0.15) is 0 Å². The molecule has 6 nitrogen and oxygen atoms in total. The molecule has 0 fully saturated rings. The van der Waals surface area contributed by atoms with Crippen molar-refractivity contribution in [2.24, 2.45) is 4.99 Å². The van der Waals surface area contributed by atoms with Crippen molar-refractivity contribution in [1.82, 2.24) is 10.6 Å². The fraction of sp³-hybridized carbons (Fsp3) is 0.350. The number of aliphatic imine (C=N–C) groups is 1. The van der Waals surface area contributed by atoms with Gasteiger partial charge in [0.25, 0.3) is 0 Å². The molecule has 0 aliphatic rings. The van der Waals surface area contributed by atoms with Gasteiger partial charge >= 0.3 is 0 Å². The van der Waals surface area contributed by atoms with Gasteiger partial charge in [-0.1, -0.05) is 18.2 Å². The van der Waals surface area contributed by atoms with E-state index >= 15 is 0 Å². The Bertz CT molecular complexity index is 732. The summed E-state index contributed by atoms with van der Waals surface area (Å²) in [6, 6.07) is 13.9. The molecule has 2 aromatic carbocycles. The van der Waals surface area contributed by atoms with Gasteiger partial charge in [-0.3, -0.25) is 4.99 Å². The standard InChI is InChI=1S/C20H27N3O3/c1-21-20(22-11-10-15-6-5-7-17(12-15)24-2)23-14-16-8-9-18(25-3)19(13-16)26-4/h5-9,12-13H,10-11,14H2,1-4H3,(H2,21,22,23). The van der Waals surface area contributed by atoms with Crippen molar-refractivity contribution in [2.45, 2.75) is 13.0 Å². The van der Waals surface area contributed by atoms with Gasteiger partial charge in [0, 0.05) is 20.1 Å². The third-order valence-corrected chi connectivity index (χ3v) is 3.97. The minimum absolute atomic E-state index is 0.638. The van der Waals surface area contributed by atoms with Crippen LogP contribution in [0.3, 0.4) is 0 Å². The fourth-order valence-electron chi connectivity index (χ4n) is 2.55. The Morgan fingerprint density at radius 1 is 0.885 bits per heavy atom. The predicted molar refractivity (Wildman–Crippen MR) is 104 cm³/mol. The number of hydrogen-bond donors (Lipinski definition) is 2. The lowest BCUT2D eigenvalue weighted by atomic mass is 10.1. The van der Waals surface area contributed by atoms with Crippen molar-refractivity contribution in [1.29, 1.82) is 0 Å². The molecule has 0 unspecified atom stereocenters. The Morgan fingerprint density at radius 2 is 1.69 bits per heavy atom. The summed E-state index contributed by atoms with van der Waals surface area (Å²) in [5.74, 6) is 3.06. The molecule has 0 spiro atoms. The first kappa shape index (κ1) is 19.4. The lowest BCUT2D eigenvalue weighted by molar-refractivity contribution is 0.354. The first-order valence-electron chi connectivity index (χ1n) is 8.48. The summed E-state index contributed by atoms with van der Waals surface area (Å²) in [5, 5.41) is 6.62. The maximum Gasteiger partial charge on any atom is 0.191 e. The number of methoxy groups -OCH3 is 3. The van der Waals surface area contributed by atoms with Crippen LogP contribution in [0.15, 0.2) is 47.5 Å². The second-order valence-electron chi connectivity index (χ2n) is 5.64. The Balaban J connectivity index is 1.84. The largest absolute Gasteiger partial charge is 0.497 e. The summed E-state index contributed by atoms with van der Waals surface area (Å²) in [4.78, 5) is 4.26. The molecule has 0 aliphatic heterocycles. The van der Waals surface area contributed by atoms with E-state index < -0.39 is 0 Å². The smallest absolute Gasteiger partial charge is 0.191 e. The lowest BCUT2D eigenvalue weighted by Crippen LogP contribution is -2.37. The van der Waals surface area contributed by atoms with Gasteiger partial charge < -0.3 is 24.8 Å². The minimum atomic E-state index is 0.638. The van der Waals surface area contributed by atoms with Crippen LogP contribution in [-0.2, 0) is 13.0 Å². The van der Waals surface area contributed by atoms with E-state index in [1.165, 1.54) is 5.56 Å². The topological polar surface area (TPSA) is 64.1 Å². The van der Waals surface area contributed by atoms with Gasteiger partial charge in [0.2, 0.25) is 0 Å². The molecule has 0 saturated carbocycles. The number of ether oxygens (including phenoxy) is 3. The number of hydrogen-bond acceptors (Lipinski definition) is 4. The van der Waals surface area contributed by atoms with Crippen molar-refractivity contribution in [3.63, 3.8) is 0 Å². The van der Waals surface area contributed by atoms with Crippen LogP contribution >= 0.6 is 0 Å². The molecule has 0 saturated heterocycles. The van der Waals surface area contributed by atoms with E-state index in [1.807, 2.05) is 36.4 Å².